The Morgan fingerprint density at radius 1 is 0.410 bits per heavy atom. The highest BCUT2D eigenvalue weighted by Crippen LogP contribution is 2.48. The summed E-state index contributed by atoms with van der Waals surface area (Å²) >= 11 is 0. The van der Waals surface area contributed by atoms with Gasteiger partial charge in [0.05, 0.1) is 27.8 Å². The van der Waals surface area contributed by atoms with Crippen LogP contribution in [0.3, 0.4) is 0 Å². The van der Waals surface area contributed by atoms with Crippen LogP contribution in [0.4, 0.5) is 65.9 Å². The average Bonchev–Trinajstić information content (AvgIpc) is 2.74. The Morgan fingerprint density at radius 2 is 0.923 bits per heavy atom. The predicted octanol–water partition coefficient (Wildman–Crippen LogP) is 10.4. The van der Waals surface area contributed by atoms with Gasteiger partial charge in [-0.25, -0.2) is 0 Å². The van der Waals surface area contributed by atoms with Crippen LogP contribution in [-0.2, 0) is 30.9 Å². The van der Waals surface area contributed by atoms with Crippen molar-refractivity contribution in [2.45, 2.75) is 37.8 Å². The minimum absolute atomic E-state index is 0.102. The van der Waals surface area contributed by atoms with Gasteiger partial charge < -0.3 is 0 Å². The van der Waals surface area contributed by atoms with Crippen LogP contribution >= 0.6 is 0 Å². The number of hydrogen-bond donors (Lipinski definition) is 0. The van der Waals surface area contributed by atoms with Crippen molar-refractivity contribution in [2.24, 2.45) is 0 Å². The Labute approximate surface area is 208 Å². The highest BCUT2D eigenvalue weighted by Gasteiger charge is 2.44. The summed E-state index contributed by atoms with van der Waals surface area (Å²) in [5, 5.41) is 0. The minimum atomic E-state index is -5.69. The van der Waals surface area contributed by atoms with Crippen LogP contribution in [0.25, 0.3) is 22.3 Å². The molecule has 0 radical (unpaired) electrons. The second-order valence-corrected chi connectivity index (χ2v) is 8.23. The maximum atomic E-state index is 13.8. The summed E-state index contributed by atoms with van der Waals surface area (Å²) in [4.78, 5) is 0. The lowest BCUT2D eigenvalue weighted by Crippen LogP contribution is -2.16. The van der Waals surface area contributed by atoms with Gasteiger partial charge in [-0.15, -0.1) is 0 Å². The number of aryl methyl sites for hydroxylation is 1. The van der Waals surface area contributed by atoms with Crippen molar-refractivity contribution in [3.8, 4) is 22.3 Å². The third kappa shape index (κ3) is 6.27. The van der Waals surface area contributed by atoms with Crippen LogP contribution in [-0.4, -0.2) is 0 Å². The zero-order valence-electron chi connectivity index (χ0n) is 18.8. The second kappa shape index (κ2) is 9.37. The lowest BCUT2D eigenvalue weighted by molar-refractivity contribution is -0.162. The third-order valence-corrected chi connectivity index (χ3v) is 5.53. The molecule has 39 heavy (non-hydrogen) atoms. The van der Waals surface area contributed by atoms with E-state index in [0.717, 1.165) is 6.92 Å². The number of benzene rings is 3. The first-order chi connectivity index (χ1) is 17.4. The van der Waals surface area contributed by atoms with E-state index in [-0.39, 0.29) is 36.4 Å². The van der Waals surface area contributed by atoms with Gasteiger partial charge in [0.25, 0.3) is 0 Å². The largest absolute Gasteiger partial charge is 0.417 e. The number of rotatable bonds is 2. The van der Waals surface area contributed by atoms with Crippen molar-refractivity contribution in [1.29, 1.82) is 0 Å². The molecule has 3 aromatic rings. The van der Waals surface area contributed by atoms with Gasteiger partial charge in [0, 0.05) is 0 Å². The van der Waals surface area contributed by atoms with Crippen LogP contribution in [0.15, 0.2) is 48.5 Å². The van der Waals surface area contributed by atoms with E-state index in [4.69, 9.17) is 0 Å². The molecule has 0 unspecified atom stereocenters. The molecular formula is C24H11F15. The van der Waals surface area contributed by atoms with Crippen molar-refractivity contribution in [1.82, 2.24) is 0 Å². The molecule has 0 atom stereocenters. The zero-order chi connectivity index (χ0) is 29.9. The molecular weight excluding hydrogens is 573 g/mol. The lowest BCUT2D eigenvalue weighted by Gasteiger charge is -2.23. The Hall–Kier alpha value is -3.39. The van der Waals surface area contributed by atoms with Gasteiger partial charge in [-0.1, -0.05) is 12.1 Å². The van der Waals surface area contributed by atoms with Crippen LogP contribution in [0.2, 0.25) is 0 Å². The molecule has 0 heterocycles. The van der Waals surface area contributed by atoms with Gasteiger partial charge in [-0.3, -0.25) is 0 Å². The Morgan fingerprint density at radius 3 is 1.38 bits per heavy atom. The van der Waals surface area contributed by atoms with Gasteiger partial charge in [0.2, 0.25) is 0 Å². The molecule has 0 saturated heterocycles. The topological polar surface area (TPSA) is 0 Å². The summed E-state index contributed by atoms with van der Waals surface area (Å²) in [6, 6.07) is 0.596. The standard InChI is InChI=1S/C24H11F15/c1-10-6-13(21(28,29)30)8-15(11-2-5-16(22(31,32)33)18(7-11)24(37,38)39)19(10)14-4-3-12(20(25,26)27)9-17(14)23(34,35)36/h2-9H,1H3. The Bertz CT molecular complexity index is 1380. The summed E-state index contributed by atoms with van der Waals surface area (Å²) in [5.41, 5.74) is -14.6. The van der Waals surface area contributed by atoms with E-state index in [1.165, 1.54) is 0 Å². The normalized spacial score (nSPS) is 13.6. The second-order valence-electron chi connectivity index (χ2n) is 8.23. The zero-order valence-corrected chi connectivity index (χ0v) is 18.8. The summed E-state index contributed by atoms with van der Waals surface area (Å²) in [5.74, 6) is 0. The van der Waals surface area contributed by atoms with E-state index < -0.39 is 86.5 Å². The van der Waals surface area contributed by atoms with Gasteiger partial charge in [0.1, 0.15) is 0 Å². The quantitative estimate of drug-likeness (QED) is 0.263. The highest BCUT2D eigenvalue weighted by molar-refractivity contribution is 5.88. The fourth-order valence-electron chi connectivity index (χ4n) is 3.90. The van der Waals surface area contributed by atoms with Crippen LogP contribution in [0.5, 0.6) is 0 Å². The highest BCUT2D eigenvalue weighted by atomic mass is 19.4. The molecule has 0 amide bonds. The van der Waals surface area contributed by atoms with E-state index in [0.29, 0.717) is 12.1 Å². The van der Waals surface area contributed by atoms with E-state index >= 15 is 0 Å². The molecule has 0 fully saturated rings. The van der Waals surface area contributed by atoms with Crippen molar-refractivity contribution in [2.75, 3.05) is 0 Å². The molecule has 212 valence electrons. The molecule has 0 N–H and O–H groups in total. The summed E-state index contributed by atoms with van der Waals surface area (Å²) < 4.78 is 201. The number of hydrogen-bond acceptors (Lipinski definition) is 0. The van der Waals surface area contributed by atoms with Crippen LogP contribution in [0, 0.1) is 6.92 Å². The predicted molar refractivity (Wildman–Crippen MR) is 107 cm³/mol. The molecule has 0 bridgehead atoms. The summed E-state index contributed by atoms with van der Waals surface area (Å²) in [6.07, 6.45) is -27.3. The van der Waals surface area contributed by atoms with Crippen molar-refractivity contribution in [3.05, 3.63) is 81.9 Å². The smallest absolute Gasteiger partial charge is 0.166 e. The number of halogens is 15. The fraction of sp³-hybridized carbons (Fsp3) is 0.250. The number of alkyl halides is 15. The third-order valence-electron chi connectivity index (χ3n) is 5.53. The molecule has 0 aliphatic rings. The Balaban J connectivity index is 2.50. The molecule has 0 spiro atoms. The van der Waals surface area contributed by atoms with Gasteiger partial charge >= 0.3 is 30.9 Å². The fourth-order valence-corrected chi connectivity index (χ4v) is 3.90. The Kier molecular flexibility index (Phi) is 7.24. The van der Waals surface area contributed by atoms with Gasteiger partial charge in [-0.2, -0.15) is 65.9 Å². The molecule has 0 aliphatic heterocycles. The van der Waals surface area contributed by atoms with Crippen LogP contribution in [0.1, 0.15) is 33.4 Å². The SMILES string of the molecule is Cc1cc(C(F)(F)F)cc(-c2ccc(C(F)(F)F)c(C(F)(F)F)c2)c1-c1ccc(C(F)(F)F)cc1C(F)(F)F. The molecule has 0 saturated carbocycles. The average molecular weight is 584 g/mol. The van der Waals surface area contributed by atoms with Gasteiger partial charge in [-0.05, 0) is 71.1 Å². The van der Waals surface area contributed by atoms with Crippen molar-refractivity contribution >= 4 is 0 Å². The lowest BCUT2D eigenvalue weighted by atomic mass is 9.85. The molecule has 15 heteroatoms. The summed E-state index contributed by atoms with van der Waals surface area (Å²) in [7, 11) is 0. The maximum absolute atomic E-state index is 13.8. The first-order valence-electron chi connectivity index (χ1n) is 10.2. The van der Waals surface area contributed by atoms with Crippen LogP contribution < -0.4 is 0 Å². The molecule has 0 nitrogen and oxygen atoms in total. The molecule has 0 aromatic heterocycles. The summed E-state index contributed by atoms with van der Waals surface area (Å²) in [6.45, 7) is 0.820. The van der Waals surface area contributed by atoms with E-state index in [2.05, 4.69) is 0 Å². The minimum Gasteiger partial charge on any atom is -0.166 e. The van der Waals surface area contributed by atoms with Gasteiger partial charge in [0.15, 0.2) is 0 Å². The molecule has 3 aromatic carbocycles. The first kappa shape index (κ1) is 30.2. The molecule has 0 aliphatic carbocycles. The maximum Gasteiger partial charge on any atom is 0.417 e. The van der Waals surface area contributed by atoms with E-state index in [9.17, 15) is 65.9 Å². The van der Waals surface area contributed by atoms with Crippen molar-refractivity contribution < 1.29 is 65.9 Å². The molecule has 3 rings (SSSR count). The van der Waals surface area contributed by atoms with E-state index in [1.807, 2.05) is 0 Å². The monoisotopic (exact) mass is 584 g/mol. The van der Waals surface area contributed by atoms with E-state index in [1.54, 1.807) is 0 Å². The first-order valence-corrected chi connectivity index (χ1v) is 10.2. The van der Waals surface area contributed by atoms with Crippen molar-refractivity contribution in [3.63, 3.8) is 0 Å².